The summed E-state index contributed by atoms with van der Waals surface area (Å²) in [6, 6.07) is 10.1. The molecule has 0 aliphatic carbocycles. The predicted octanol–water partition coefficient (Wildman–Crippen LogP) is 3.50. The Morgan fingerprint density at radius 1 is 1.23 bits per heavy atom. The Kier molecular flexibility index (Phi) is 4.71. The topological polar surface area (TPSA) is 48.3 Å². The van der Waals surface area contributed by atoms with Gasteiger partial charge in [-0.1, -0.05) is 23.7 Å². The lowest BCUT2D eigenvalue weighted by Gasteiger charge is -2.17. The van der Waals surface area contributed by atoms with Crippen molar-refractivity contribution in [3.05, 3.63) is 63.5 Å². The Hall–Kier alpha value is -2.07. The number of aromatic nitrogens is 1. The van der Waals surface area contributed by atoms with Crippen molar-refractivity contribution in [3.63, 3.8) is 0 Å². The summed E-state index contributed by atoms with van der Waals surface area (Å²) >= 11 is 6.16. The molecule has 0 saturated carbocycles. The molecule has 0 atom stereocenters. The van der Waals surface area contributed by atoms with E-state index in [4.69, 9.17) is 16.3 Å². The van der Waals surface area contributed by atoms with Crippen LogP contribution in [0.3, 0.4) is 0 Å². The molecular weight excluding hydrogens is 302 g/mol. The van der Waals surface area contributed by atoms with Gasteiger partial charge in [-0.05, 0) is 44.5 Å². The van der Waals surface area contributed by atoms with E-state index in [1.54, 1.807) is 61.9 Å². The molecular formula is C17H18ClNO3. The van der Waals surface area contributed by atoms with Crippen molar-refractivity contribution in [1.29, 1.82) is 0 Å². The van der Waals surface area contributed by atoms with Crippen molar-refractivity contribution < 1.29 is 9.53 Å². The number of rotatable bonds is 3. The van der Waals surface area contributed by atoms with Gasteiger partial charge in [0.15, 0.2) is 0 Å². The summed E-state index contributed by atoms with van der Waals surface area (Å²) < 4.78 is 6.88. The standard InChI is InChI=1S/C17H18ClNO3/c1-17(2,3)16(21)22-14-8-7-12(10-13(14)18)11-19-9-5-4-6-15(19)20/h4-10H,11H2,1-3H3. The van der Waals surface area contributed by atoms with Crippen LogP contribution in [0.15, 0.2) is 47.4 Å². The molecule has 0 unspecified atom stereocenters. The third kappa shape index (κ3) is 3.98. The van der Waals surface area contributed by atoms with Gasteiger partial charge in [-0.15, -0.1) is 0 Å². The number of benzene rings is 1. The molecule has 0 N–H and O–H groups in total. The molecule has 1 aromatic heterocycles. The highest BCUT2D eigenvalue weighted by molar-refractivity contribution is 6.32. The molecule has 116 valence electrons. The quantitative estimate of drug-likeness (QED) is 0.642. The second-order valence-corrected chi connectivity index (χ2v) is 6.48. The molecule has 5 heteroatoms. The molecule has 1 heterocycles. The molecule has 0 saturated heterocycles. The zero-order valence-corrected chi connectivity index (χ0v) is 13.6. The zero-order valence-electron chi connectivity index (χ0n) is 12.8. The van der Waals surface area contributed by atoms with E-state index in [0.717, 1.165) is 5.56 Å². The van der Waals surface area contributed by atoms with Crippen molar-refractivity contribution in [1.82, 2.24) is 4.57 Å². The molecule has 0 aliphatic rings. The van der Waals surface area contributed by atoms with Crippen molar-refractivity contribution in [2.45, 2.75) is 27.3 Å². The molecule has 0 aliphatic heterocycles. The molecule has 0 fully saturated rings. The van der Waals surface area contributed by atoms with Crippen molar-refractivity contribution >= 4 is 17.6 Å². The number of hydrogen-bond acceptors (Lipinski definition) is 3. The average Bonchev–Trinajstić information content (AvgIpc) is 2.43. The van der Waals surface area contributed by atoms with Crippen molar-refractivity contribution in [2.75, 3.05) is 0 Å². The van der Waals surface area contributed by atoms with Crippen LogP contribution in [0.25, 0.3) is 0 Å². The molecule has 4 nitrogen and oxygen atoms in total. The molecule has 22 heavy (non-hydrogen) atoms. The number of ether oxygens (including phenoxy) is 1. The van der Waals surface area contributed by atoms with Gasteiger partial charge in [0.05, 0.1) is 17.0 Å². The summed E-state index contributed by atoms with van der Waals surface area (Å²) in [5, 5.41) is 0.346. The van der Waals surface area contributed by atoms with Crippen LogP contribution in [0.2, 0.25) is 5.02 Å². The van der Waals surface area contributed by atoms with Gasteiger partial charge in [-0.2, -0.15) is 0 Å². The molecule has 0 radical (unpaired) electrons. The number of halogens is 1. The fourth-order valence-electron chi connectivity index (χ4n) is 1.77. The van der Waals surface area contributed by atoms with Gasteiger partial charge in [0.1, 0.15) is 5.75 Å². The van der Waals surface area contributed by atoms with Crippen LogP contribution in [-0.2, 0) is 11.3 Å². The van der Waals surface area contributed by atoms with Gasteiger partial charge in [-0.3, -0.25) is 9.59 Å². The Morgan fingerprint density at radius 2 is 1.95 bits per heavy atom. The van der Waals surface area contributed by atoms with Crippen LogP contribution >= 0.6 is 11.6 Å². The van der Waals surface area contributed by atoms with Crippen LogP contribution in [0.1, 0.15) is 26.3 Å². The fraction of sp³-hybridized carbons (Fsp3) is 0.294. The number of carbonyl (C=O) groups is 1. The molecule has 0 spiro atoms. The lowest BCUT2D eigenvalue weighted by molar-refractivity contribution is -0.142. The van der Waals surface area contributed by atoms with Crippen LogP contribution < -0.4 is 10.3 Å². The zero-order chi connectivity index (χ0) is 16.3. The van der Waals surface area contributed by atoms with E-state index >= 15 is 0 Å². The summed E-state index contributed by atoms with van der Waals surface area (Å²) in [6.07, 6.45) is 1.71. The van der Waals surface area contributed by atoms with Crippen LogP contribution in [-0.4, -0.2) is 10.5 Å². The van der Waals surface area contributed by atoms with Crippen molar-refractivity contribution in [3.8, 4) is 5.75 Å². The minimum Gasteiger partial charge on any atom is -0.425 e. The lowest BCUT2D eigenvalue weighted by Crippen LogP contribution is -2.25. The largest absolute Gasteiger partial charge is 0.425 e. The smallest absolute Gasteiger partial charge is 0.316 e. The number of hydrogen-bond donors (Lipinski definition) is 0. The Morgan fingerprint density at radius 3 is 2.55 bits per heavy atom. The van der Waals surface area contributed by atoms with Gasteiger partial charge in [-0.25, -0.2) is 0 Å². The Labute approximate surface area is 134 Å². The van der Waals surface area contributed by atoms with E-state index in [-0.39, 0.29) is 11.5 Å². The molecule has 1 aromatic carbocycles. The first kappa shape index (κ1) is 16.3. The Balaban J connectivity index is 2.18. The molecule has 0 amide bonds. The average molecular weight is 320 g/mol. The molecule has 0 bridgehead atoms. The van der Waals surface area contributed by atoms with E-state index in [0.29, 0.717) is 17.3 Å². The highest BCUT2D eigenvalue weighted by atomic mass is 35.5. The minimum atomic E-state index is -0.598. The normalized spacial score (nSPS) is 11.3. The van der Waals surface area contributed by atoms with Crippen LogP contribution in [0, 0.1) is 5.41 Å². The third-order valence-corrected chi connectivity index (χ3v) is 3.36. The highest BCUT2D eigenvalue weighted by Gasteiger charge is 2.24. The maximum absolute atomic E-state index is 11.9. The van der Waals surface area contributed by atoms with Crippen LogP contribution in [0.4, 0.5) is 0 Å². The number of pyridine rings is 1. The monoisotopic (exact) mass is 319 g/mol. The molecule has 2 aromatic rings. The van der Waals surface area contributed by atoms with Crippen LogP contribution in [0.5, 0.6) is 5.75 Å². The highest BCUT2D eigenvalue weighted by Crippen LogP contribution is 2.28. The van der Waals surface area contributed by atoms with Crippen molar-refractivity contribution in [2.24, 2.45) is 5.41 Å². The van der Waals surface area contributed by atoms with E-state index in [9.17, 15) is 9.59 Å². The van der Waals surface area contributed by atoms with Gasteiger partial charge >= 0.3 is 5.97 Å². The Bertz CT molecular complexity index is 744. The second kappa shape index (κ2) is 6.36. The van der Waals surface area contributed by atoms with Gasteiger partial charge in [0.2, 0.25) is 0 Å². The first-order valence-electron chi connectivity index (χ1n) is 6.93. The molecule has 2 rings (SSSR count). The second-order valence-electron chi connectivity index (χ2n) is 6.07. The summed E-state index contributed by atoms with van der Waals surface area (Å²) in [7, 11) is 0. The minimum absolute atomic E-state index is 0.0816. The van der Waals surface area contributed by atoms with Gasteiger partial charge in [0, 0.05) is 12.3 Å². The third-order valence-electron chi connectivity index (χ3n) is 3.06. The van der Waals surface area contributed by atoms with E-state index in [1.165, 1.54) is 6.07 Å². The number of carbonyl (C=O) groups excluding carboxylic acids is 1. The lowest BCUT2D eigenvalue weighted by atomic mass is 9.97. The van der Waals surface area contributed by atoms with E-state index < -0.39 is 5.41 Å². The fourth-order valence-corrected chi connectivity index (χ4v) is 2.01. The first-order valence-corrected chi connectivity index (χ1v) is 7.31. The summed E-state index contributed by atoms with van der Waals surface area (Å²) in [4.78, 5) is 23.6. The number of esters is 1. The maximum Gasteiger partial charge on any atom is 0.316 e. The number of nitrogens with zero attached hydrogens (tertiary/aromatic N) is 1. The van der Waals surface area contributed by atoms with Gasteiger partial charge < -0.3 is 9.30 Å². The van der Waals surface area contributed by atoms with E-state index in [2.05, 4.69) is 0 Å². The van der Waals surface area contributed by atoms with E-state index in [1.807, 2.05) is 0 Å². The maximum atomic E-state index is 11.9. The summed E-state index contributed by atoms with van der Waals surface area (Å²) in [5.74, 6) is -0.0211. The SMILES string of the molecule is CC(C)(C)C(=O)Oc1ccc(Cn2ccccc2=O)cc1Cl. The summed E-state index contributed by atoms with van der Waals surface area (Å²) in [6.45, 7) is 5.74. The predicted molar refractivity (Wildman–Crippen MR) is 86.3 cm³/mol. The van der Waals surface area contributed by atoms with Gasteiger partial charge in [0.25, 0.3) is 5.56 Å². The first-order chi connectivity index (χ1) is 10.3. The summed E-state index contributed by atoms with van der Waals surface area (Å²) in [5.41, 5.74) is 0.176.